The largest absolute Gasteiger partial charge is 0.330 e. The highest BCUT2D eigenvalue weighted by atomic mass is 32.2. The number of hydrogen-bond donors (Lipinski definition) is 1. The Morgan fingerprint density at radius 1 is 1.43 bits per heavy atom. The Labute approximate surface area is 89.5 Å². The van der Waals surface area contributed by atoms with E-state index in [-0.39, 0.29) is 0 Å². The van der Waals surface area contributed by atoms with Crippen LogP contribution in [0.25, 0.3) is 0 Å². The van der Waals surface area contributed by atoms with Crippen molar-refractivity contribution in [3.8, 4) is 0 Å². The lowest BCUT2D eigenvalue weighted by atomic mass is 9.97. The van der Waals surface area contributed by atoms with E-state index in [0.717, 1.165) is 31.2 Å². The molecule has 4 heteroatoms. The Hall–Kier alpha value is 0.0700. The van der Waals surface area contributed by atoms with Gasteiger partial charge in [0.05, 0.1) is 0 Å². The van der Waals surface area contributed by atoms with Gasteiger partial charge in [-0.05, 0) is 51.4 Å². The molecule has 0 amide bonds. The number of likely N-dealkylation sites (tertiary alicyclic amines) is 1. The van der Waals surface area contributed by atoms with Crippen molar-refractivity contribution >= 4 is 10.8 Å². The van der Waals surface area contributed by atoms with Crippen molar-refractivity contribution in [1.29, 1.82) is 0 Å². The molecule has 0 spiro atoms. The number of piperidine rings is 1. The lowest BCUT2D eigenvalue weighted by Crippen LogP contribution is -2.36. The van der Waals surface area contributed by atoms with Crippen molar-refractivity contribution in [1.82, 2.24) is 4.90 Å². The first-order chi connectivity index (χ1) is 6.72. The summed E-state index contributed by atoms with van der Waals surface area (Å²) in [6, 6.07) is 0. The fourth-order valence-electron chi connectivity index (χ4n) is 1.94. The highest BCUT2D eigenvalue weighted by molar-refractivity contribution is 7.84. The van der Waals surface area contributed by atoms with Gasteiger partial charge in [-0.25, -0.2) is 0 Å². The topological polar surface area (TPSA) is 46.3 Å². The molecule has 3 nitrogen and oxygen atoms in total. The van der Waals surface area contributed by atoms with Gasteiger partial charge < -0.3 is 10.6 Å². The monoisotopic (exact) mass is 218 g/mol. The van der Waals surface area contributed by atoms with Crippen LogP contribution >= 0.6 is 0 Å². The SMILES string of the molecule is CS(=O)CCCN1CCC(CN)CC1. The molecule has 1 aliphatic heterocycles. The maximum atomic E-state index is 10.9. The van der Waals surface area contributed by atoms with Crippen LogP contribution < -0.4 is 5.73 Å². The van der Waals surface area contributed by atoms with Crippen molar-refractivity contribution < 1.29 is 4.21 Å². The molecule has 1 saturated heterocycles. The van der Waals surface area contributed by atoms with E-state index in [9.17, 15) is 4.21 Å². The maximum Gasteiger partial charge on any atom is 0.0244 e. The van der Waals surface area contributed by atoms with Crippen LogP contribution in [0.1, 0.15) is 19.3 Å². The first kappa shape index (κ1) is 12.1. The van der Waals surface area contributed by atoms with E-state index in [1.807, 2.05) is 0 Å². The second kappa shape index (κ2) is 6.53. The standard InChI is InChI=1S/C10H22N2OS/c1-14(13)8-2-5-12-6-3-10(9-11)4-7-12/h10H,2-9,11H2,1H3. The van der Waals surface area contributed by atoms with Crippen LogP contribution in [0.5, 0.6) is 0 Å². The summed E-state index contributed by atoms with van der Waals surface area (Å²) in [7, 11) is -0.625. The molecule has 1 heterocycles. The average Bonchev–Trinajstić information content (AvgIpc) is 2.18. The van der Waals surface area contributed by atoms with Gasteiger partial charge in [-0.2, -0.15) is 0 Å². The summed E-state index contributed by atoms with van der Waals surface area (Å²) in [6.07, 6.45) is 5.33. The van der Waals surface area contributed by atoms with E-state index in [4.69, 9.17) is 5.73 Å². The summed E-state index contributed by atoms with van der Waals surface area (Å²) in [4.78, 5) is 2.47. The van der Waals surface area contributed by atoms with Crippen molar-refractivity contribution in [2.24, 2.45) is 11.7 Å². The molecule has 1 unspecified atom stereocenters. The molecular formula is C10H22N2OS. The van der Waals surface area contributed by atoms with E-state index in [1.54, 1.807) is 6.26 Å². The molecule has 0 aromatic heterocycles. The summed E-state index contributed by atoms with van der Waals surface area (Å²) >= 11 is 0. The third kappa shape index (κ3) is 4.53. The van der Waals surface area contributed by atoms with Gasteiger partial charge in [-0.3, -0.25) is 4.21 Å². The molecule has 1 fully saturated rings. The van der Waals surface area contributed by atoms with Gasteiger partial charge in [0.25, 0.3) is 0 Å². The number of rotatable bonds is 5. The molecular weight excluding hydrogens is 196 g/mol. The quantitative estimate of drug-likeness (QED) is 0.728. The van der Waals surface area contributed by atoms with Gasteiger partial charge in [-0.15, -0.1) is 0 Å². The fraction of sp³-hybridized carbons (Fsp3) is 1.00. The zero-order valence-electron chi connectivity index (χ0n) is 9.08. The van der Waals surface area contributed by atoms with Gasteiger partial charge in [0, 0.05) is 22.8 Å². The molecule has 0 bridgehead atoms. The molecule has 1 rings (SSSR count). The number of nitrogens with zero attached hydrogens (tertiary/aromatic N) is 1. The van der Waals surface area contributed by atoms with Crippen LogP contribution in [0.2, 0.25) is 0 Å². The highest BCUT2D eigenvalue weighted by Crippen LogP contribution is 2.15. The third-order valence-corrected chi connectivity index (χ3v) is 3.81. The van der Waals surface area contributed by atoms with Crippen LogP contribution in [-0.4, -0.2) is 47.3 Å². The summed E-state index contributed by atoms with van der Waals surface area (Å²) in [5, 5.41) is 0. The van der Waals surface area contributed by atoms with Crippen molar-refractivity contribution in [2.45, 2.75) is 19.3 Å². The first-order valence-corrected chi connectivity index (χ1v) is 7.17. The van der Waals surface area contributed by atoms with Gasteiger partial charge >= 0.3 is 0 Å². The Morgan fingerprint density at radius 3 is 2.57 bits per heavy atom. The third-order valence-electron chi connectivity index (χ3n) is 2.95. The zero-order valence-corrected chi connectivity index (χ0v) is 9.89. The molecule has 0 saturated carbocycles. The van der Waals surface area contributed by atoms with Crippen LogP contribution in [0.15, 0.2) is 0 Å². The molecule has 0 aromatic carbocycles. The van der Waals surface area contributed by atoms with Gasteiger partial charge in [0.2, 0.25) is 0 Å². The zero-order chi connectivity index (χ0) is 10.4. The summed E-state index contributed by atoms with van der Waals surface area (Å²) in [5.41, 5.74) is 5.63. The normalized spacial score (nSPS) is 22.4. The lowest BCUT2D eigenvalue weighted by Gasteiger charge is -2.31. The Bertz CT molecular complexity index is 179. The number of nitrogens with two attached hydrogens (primary N) is 1. The van der Waals surface area contributed by atoms with E-state index < -0.39 is 10.8 Å². The molecule has 1 aliphatic rings. The van der Waals surface area contributed by atoms with Crippen LogP contribution in [0.4, 0.5) is 0 Å². The smallest absolute Gasteiger partial charge is 0.0244 e. The predicted molar refractivity (Wildman–Crippen MR) is 61.8 cm³/mol. The molecule has 0 aliphatic carbocycles. The first-order valence-electron chi connectivity index (χ1n) is 5.45. The van der Waals surface area contributed by atoms with E-state index in [2.05, 4.69) is 4.90 Å². The van der Waals surface area contributed by atoms with Crippen molar-refractivity contribution in [3.63, 3.8) is 0 Å². The molecule has 0 radical (unpaired) electrons. The number of hydrogen-bond acceptors (Lipinski definition) is 3. The van der Waals surface area contributed by atoms with Crippen molar-refractivity contribution in [2.75, 3.05) is 38.2 Å². The highest BCUT2D eigenvalue weighted by Gasteiger charge is 2.17. The molecule has 84 valence electrons. The Kier molecular flexibility index (Phi) is 5.67. The second-order valence-corrected chi connectivity index (χ2v) is 5.71. The van der Waals surface area contributed by atoms with Gasteiger partial charge in [-0.1, -0.05) is 0 Å². The minimum absolute atomic E-state index is 0.625. The minimum Gasteiger partial charge on any atom is -0.330 e. The summed E-state index contributed by atoms with van der Waals surface area (Å²) in [5.74, 6) is 1.59. The average molecular weight is 218 g/mol. The lowest BCUT2D eigenvalue weighted by molar-refractivity contribution is 0.188. The summed E-state index contributed by atoms with van der Waals surface area (Å²) in [6.45, 7) is 4.31. The van der Waals surface area contributed by atoms with Crippen LogP contribution in [0, 0.1) is 5.92 Å². The Balaban J connectivity index is 2.07. The fourth-order valence-corrected chi connectivity index (χ4v) is 2.47. The van der Waals surface area contributed by atoms with Crippen LogP contribution in [-0.2, 0) is 10.8 Å². The molecule has 2 N–H and O–H groups in total. The predicted octanol–water partition coefficient (Wildman–Crippen LogP) is 0.426. The minimum atomic E-state index is -0.625. The molecule has 14 heavy (non-hydrogen) atoms. The van der Waals surface area contributed by atoms with E-state index >= 15 is 0 Å². The molecule has 1 atom stereocenters. The Morgan fingerprint density at radius 2 is 2.07 bits per heavy atom. The van der Waals surface area contributed by atoms with Crippen LogP contribution in [0.3, 0.4) is 0 Å². The van der Waals surface area contributed by atoms with E-state index in [0.29, 0.717) is 0 Å². The van der Waals surface area contributed by atoms with Gasteiger partial charge in [0.15, 0.2) is 0 Å². The maximum absolute atomic E-state index is 10.9. The second-order valence-electron chi connectivity index (χ2n) is 4.15. The summed E-state index contributed by atoms with van der Waals surface area (Å²) < 4.78 is 10.9. The van der Waals surface area contributed by atoms with Gasteiger partial charge in [0.1, 0.15) is 0 Å². The van der Waals surface area contributed by atoms with Crippen molar-refractivity contribution in [3.05, 3.63) is 0 Å². The van der Waals surface area contributed by atoms with E-state index in [1.165, 1.54) is 25.9 Å². The molecule has 0 aromatic rings.